The van der Waals surface area contributed by atoms with Crippen molar-refractivity contribution in [2.75, 3.05) is 19.0 Å². The van der Waals surface area contributed by atoms with Gasteiger partial charge in [0.1, 0.15) is 5.75 Å². The van der Waals surface area contributed by atoms with Gasteiger partial charge in [-0.1, -0.05) is 24.3 Å². The molecular weight excluding hydrogens is 222 g/mol. The third-order valence-electron chi connectivity index (χ3n) is 3.38. The first-order valence-electron chi connectivity index (χ1n) is 6.36. The Kier molecular flexibility index (Phi) is 2.93. The van der Waals surface area contributed by atoms with Gasteiger partial charge in [0.15, 0.2) is 0 Å². The predicted molar refractivity (Wildman–Crippen MR) is 74.4 cm³/mol. The second-order valence-electron chi connectivity index (χ2n) is 4.67. The van der Waals surface area contributed by atoms with Crippen LogP contribution >= 0.6 is 0 Å². The Bertz CT molecular complexity index is 563. The molecule has 0 amide bonds. The van der Waals surface area contributed by atoms with Gasteiger partial charge in [-0.3, -0.25) is 0 Å². The fourth-order valence-electron chi connectivity index (χ4n) is 2.42. The van der Waals surface area contributed by atoms with E-state index < -0.39 is 0 Å². The van der Waals surface area contributed by atoms with Crippen LogP contribution in [0.2, 0.25) is 0 Å². The van der Waals surface area contributed by atoms with Crippen LogP contribution < -0.4 is 10.1 Å². The van der Waals surface area contributed by atoms with Gasteiger partial charge in [-0.2, -0.15) is 0 Å². The molecule has 18 heavy (non-hydrogen) atoms. The van der Waals surface area contributed by atoms with Gasteiger partial charge < -0.3 is 10.1 Å². The number of anilines is 1. The average molecular weight is 239 g/mol. The maximum absolute atomic E-state index is 5.53. The molecule has 2 heteroatoms. The first-order valence-corrected chi connectivity index (χ1v) is 6.36. The highest BCUT2D eigenvalue weighted by atomic mass is 16.5. The van der Waals surface area contributed by atoms with Crippen molar-refractivity contribution >= 4 is 5.69 Å². The minimum Gasteiger partial charge on any atom is -0.493 e. The Morgan fingerprint density at radius 1 is 1.11 bits per heavy atom. The van der Waals surface area contributed by atoms with E-state index in [9.17, 15) is 0 Å². The van der Waals surface area contributed by atoms with Gasteiger partial charge in [0.2, 0.25) is 0 Å². The summed E-state index contributed by atoms with van der Waals surface area (Å²) in [7, 11) is 1.95. The quantitative estimate of drug-likeness (QED) is 0.887. The molecule has 2 aromatic carbocycles. The van der Waals surface area contributed by atoms with E-state index in [0.29, 0.717) is 0 Å². The standard InChI is InChI=1S/C16H17NO/c1-17-15-4-2-3-12(11-15)9-13-5-6-16-14(10-13)7-8-18-16/h2-6,10-11,17H,7-9H2,1H3. The zero-order valence-corrected chi connectivity index (χ0v) is 10.6. The van der Waals surface area contributed by atoms with Gasteiger partial charge in [-0.05, 0) is 41.3 Å². The zero-order chi connectivity index (χ0) is 12.4. The smallest absolute Gasteiger partial charge is 0.122 e. The normalized spacial score (nSPS) is 12.9. The Hall–Kier alpha value is -1.96. The van der Waals surface area contributed by atoms with E-state index >= 15 is 0 Å². The van der Waals surface area contributed by atoms with Crippen LogP contribution in [0.4, 0.5) is 5.69 Å². The van der Waals surface area contributed by atoms with Crippen molar-refractivity contribution in [1.82, 2.24) is 0 Å². The Morgan fingerprint density at radius 3 is 2.89 bits per heavy atom. The van der Waals surface area contributed by atoms with Crippen molar-refractivity contribution in [2.45, 2.75) is 12.8 Å². The molecule has 0 radical (unpaired) electrons. The number of hydrogen-bond acceptors (Lipinski definition) is 2. The van der Waals surface area contributed by atoms with Crippen LogP contribution in [0.15, 0.2) is 42.5 Å². The Morgan fingerprint density at radius 2 is 2.00 bits per heavy atom. The average Bonchev–Trinajstić information content (AvgIpc) is 2.86. The lowest BCUT2D eigenvalue weighted by Crippen LogP contribution is -1.92. The zero-order valence-electron chi connectivity index (χ0n) is 10.6. The fourth-order valence-corrected chi connectivity index (χ4v) is 2.42. The van der Waals surface area contributed by atoms with Crippen LogP contribution in [-0.4, -0.2) is 13.7 Å². The van der Waals surface area contributed by atoms with Crippen molar-refractivity contribution in [3.8, 4) is 5.75 Å². The largest absolute Gasteiger partial charge is 0.493 e. The molecule has 2 aromatic rings. The molecule has 0 saturated heterocycles. The Labute approximate surface area is 108 Å². The number of fused-ring (bicyclic) bond motifs is 1. The highest BCUT2D eigenvalue weighted by Gasteiger charge is 2.11. The summed E-state index contributed by atoms with van der Waals surface area (Å²) in [4.78, 5) is 0. The maximum Gasteiger partial charge on any atom is 0.122 e. The fraction of sp³-hybridized carbons (Fsp3) is 0.250. The molecule has 1 aliphatic rings. The van der Waals surface area contributed by atoms with Crippen LogP contribution in [0.25, 0.3) is 0 Å². The van der Waals surface area contributed by atoms with E-state index in [-0.39, 0.29) is 0 Å². The molecule has 0 atom stereocenters. The van der Waals surface area contributed by atoms with E-state index in [0.717, 1.165) is 30.9 Å². The van der Waals surface area contributed by atoms with Gasteiger partial charge >= 0.3 is 0 Å². The van der Waals surface area contributed by atoms with Gasteiger partial charge in [0.25, 0.3) is 0 Å². The molecular formula is C16H17NO. The third kappa shape index (κ3) is 2.19. The van der Waals surface area contributed by atoms with Crippen molar-refractivity contribution in [1.29, 1.82) is 0 Å². The van der Waals surface area contributed by atoms with Crippen LogP contribution in [0.5, 0.6) is 5.75 Å². The molecule has 0 bridgehead atoms. The van der Waals surface area contributed by atoms with Crippen LogP contribution in [-0.2, 0) is 12.8 Å². The second-order valence-corrected chi connectivity index (χ2v) is 4.67. The number of hydrogen-bond donors (Lipinski definition) is 1. The van der Waals surface area contributed by atoms with E-state index in [1.807, 2.05) is 7.05 Å². The SMILES string of the molecule is CNc1cccc(Cc2ccc3c(c2)CCO3)c1. The molecule has 0 fully saturated rings. The summed E-state index contributed by atoms with van der Waals surface area (Å²) < 4.78 is 5.53. The highest BCUT2D eigenvalue weighted by Crippen LogP contribution is 2.27. The van der Waals surface area contributed by atoms with Gasteiger partial charge in [0, 0.05) is 19.2 Å². The number of benzene rings is 2. The molecule has 0 aliphatic carbocycles. The lowest BCUT2D eigenvalue weighted by molar-refractivity contribution is 0.357. The van der Waals surface area contributed by atoms with Crippen molar-refractivity contribution in [3.63, 3.8) is 0 Å². The van der Waals surface area contributed by atoms with E-state index in [2.05, 4.69) is 47.8 Å². The summed E-state index contributed by atoms with van der Waals surface area (Å²) in [6.45, 7) is 0.827. The molecule has 1 heterocycles. The third-order valence-corrected chi connectivity index (χ3v) is 3.38. The predicted octanol–water partition coefficient (Wildman–Crippen LogP) is 3.25. The highest BCUT2D eigenvalue weighted by molar-refractivity contribution is 5.47. The summed E-state index contributed by atoms with van der Waals surface area (Å²) in [5.41, 5.74) is 5.20. The molecule has 2 nitrogen and oxygen atoms in total. The summed E-state index contributed by atoms with van der Waals surface area (Å²) in [6, 6.07) is 15.1. The molecule has 0 spiro atoms. The van der Waals surface area contributed by atoms with Gasteiger partial charge in [-0.15, -0.1) is 0 Å². The second kappa shape index (κ2) is 4.73. The van der Waals surface area contributed by atoms with E-state index in [1.165, 1.54) is 16.7 Å². The Balaban J connectivity index is 1.83. The lowest BCUT2D eigenvalue weighted by atomic mass is 10.0. The van der Waals surface area contributed by atoms with Gasteiger partial charge in [0.05, 0.1) is 6.61 Å². The molecule has 92 valence electrons. The molecule has 0 unspecified atom stereocenters. The van der Waals surface area contributed by atoms with Gasteiger partial charge in [-0.25, -0.2) is 0 Å². The minimum absolute atomic E-state index is 0.827. The van der Waals surface area contributed by atoms with E-state index in [4.69, 9.17) is 4.74 Å². The minimum atomic E-state index is 0.827. The van der Waals surface area contributed by atoms with Crippen LogP contribution in [0.3, 0.4) is 0 Å². The summed E-state index contributed by atoms with van der Waals surface area (Å²) in [6.07, 6.45) is 2.02. The summed E-state index contributed by atoms with van der Waals surface area (Å²) in [5, 5.41) is 3.17. The number of ether oxygens (including phenoxy) is 1. The maximum atomic E-state index is 5.53. The van der Waals surface area contributed by atoms with E-state index in [1.54, 1.807) is 0 Å². The topological polar surface area (TPSA) is 21.3 Å². The molecule has 1 N–H and O–H groups in total. The summed E-state index contributed by atoms with van der Waals surface area (Å²) in [5.74, 6) is 1.06. The van der Waals surface area contributed by atoms with Crippen molar-refractivity contribution < 1.29 is 4.74 Å². The summed E-state index contributed by atoms with van der Waals surface area (Å²) >= 11 is 0. The number of nitrogens with one attached hydrogen (secondary N) is 1. The molecule has 3 rings (SSSR count). The van der Waals surface area contributed by atoms with Crippen LogP contribution in [0, 0.1) is 0 Å². The van der Waals surface area contributed by atoms with Crippen LogP contribution in [0.1, 0.15) is 16.7 Å². The molecule has 1 aliphatic heterocycles. The van der Waals surface area contributed by atoms with Crippen molar-refractivity contribution in [3.05, 3.63) is 59.2 Å². The molecule has 0 saturated carbocycles. The molecule has 0 aromatic heterocycles. The van der Waals surface area contributed by atoms with Crippen molar-refractivity contribution in [2.24, 2.45) is 0 Å². The first-order chi connectivity index (χ1) is 8.85. The number of rotatable bonds is 3. The monoisotopic (exact) mass is 239 g/mol. The first kappa shape index (κ1) is 11.1. The lowest BCUT2D eigenvalue weighted by Gasteiger charge is -2.06.